The summed E-state index contributed by atoms with van der Waals surface area (Å²) in [5, 5.41) is 0. The van der Waals surface area contributed by atoms with Crippen LogP contribution >= 0.6 is 0 Å². The Bertz CT molecular complexity index is 217. The molecule has 0 nitrogen and oxygen atoms in total. The molecule has 0 N–H and O–H groups in total. The highest BCUT2D eigenvalue weighted by Crippen LogP contribution is 2.55. The molecule has 2 fully saturated rings. The van der Waals surface area contributed by atoms with Crippen LogP contribution in [-0.2, 0) is 0 Å². The molecule has 2 saturated carbocycles. The highest BCUT2D eigenvalue weighted by atomic mass is 14.5. The summed E-state index contributed by atoms with van der Waals surface area (Å²) in [7, 11) is 0. The van der Waals surface area contributed by atoms with E-state index in [-0.39, 0.29) is 0 Å². The van der Waals surface area contributed by atoms with Crippen molar-refractivity contribution < 1.29 is 0 Å². The lowest BCUT2D eigenvalue weighted by Gasteiger charge is -2.34. The van der Waals surface area contributed by atoms with Crippen LogP contribution in [0.4, 0.5) is 0 Å². The zero-order valence-electron chi connectivity index (χ0n) is 11.1. The molecule has 0 bridgehead atoms. The molecular formula is C15H28. The molecular weight excluding hydrogens is 180 g/mol. The molecule has 2 unspecified atom stereocenters. The fourth-order valence-electron chi connectivity index (χ4n) is 4.00. The molecule has 2 aliphatic rings. The third-order valence-electron chi connectivity index (χ3n) is 5.34. The lowest BCUT2D eigenvalue weighted by molar-refractivity contribution is 0.160. The Balaban J connectivity index is 2.01. The average molecular weight is 208 g/mol. The predicted molar refractivity (Wildman–Crippen MR) is 66.9 cm³/mol. The van der Waals surface area contributed by atoms with E-state index in [1.54, 1.807) is 0 Å². The van der Waals surface area contributed by atoms with Gasteiger partial charge in [0, 0.05) is 0 Å². The minimum atomic E-state index is 0.538. The van der Waals surface area contributed by atoms with Gasteiger partial charge in [-0.05, 0) is 54.8 Å². The lowest BCUT2D eigenvalue weighted by atomic mass is 9.71. The van der Waals surface area contributed by atoms with Crippen molar-refractivity contribution in [1.82, 2.24) is 0 Å². The second-order valence-electron chi connectivity index (χ2n) is 7.44. The third-order valence-corrected chi connectivity index (χ3v) is 5.34. The van der Waals surface area contributed by atoms with Gasteiger partial charge in [0.05, 0.1) is 0 Å². The van der Waals surface area contributed by atoms with Crippen molar-refractivity contribution in [3.63, 3.8) is 0 Å². The topological polar surface area (TPSA) is 0 Å². The van der Waals surface area contributed by atoms with Crippen molar-refractivity contribution in [2.45, 2.75) is 72.6 Å². The maximum Gasteiger partial charge on any atom is -0.0295 e. The standard InChI is InChI=1S/C15H28/c1-14(2,3)13-9-10-15(4,11-13)12-7-5-6-8-12/h12-13H,5-11H2,1-4H3. The van der Waals surface area contributed by atoms with Crippen molar-refractivity contribution in [3.05, 3.63) is 0 Å². The molecule has 0 heterocycles. The van der Waals surface area contributed by atoms with Crippen molar-refractivity contribution in [2.75, 3.05) is 0 Å². The first-order valence-electron chi connectivity index (χ1n) is 6.92. The Labute approximate surface area is 95.8 Å². The van der Waals surface area contributed by atoms with Crippen molar-refractivity contribution in [3.8, 4) is 0 Å². The van der Waals surface area contributed by atoms with Crippen LogP contribution in [0.5, 0.6) is 0 Å². The van der Waals surface area contributed by atoms with Gasteiger partial charge in [-0.3, -0.25) is 0 Å². The van der Waals surface area contributed by atoms with Crippen LogP contribution in [0.2, 0.25) is 0 Å². The second kappa shape index (κ2) is 3.79. The molecule has 15 heavy (non-hydrogen) atoms. The summed E-state index contributed by atoms with van der Waals surface area (Å²) in [6, 6.07) is 0. The van der Waals surface area contributed by atoms with Gasteiger partial charge >= 0.3 is 0 Å². The fourth-order valence-corrected chi connectivity index (χ4v) is 4.00. The Morgan fingerprint density at radius 1 is 1.00 bits per heavy atom. The highest BCUT2D eigenvalue weighted by molar-refractivity contribution is 4.95. The van der Waals surface area contributed by atoms with Gasteiger partial charge in [0.1, 0.15) is 0 Å². The van der Waals surface area contributed by atoms with E-state index in [0.29, 0.717) is 10.8 Å². The average Bonchev–Trinajstić information content (AvgIpc) is 2.69. The second-order valence-corrected chi connectivity index (χ2v) is 7.44. The molecule has 2 atom stereocenters. The SMILES string of the molecule is CC(C)(C)C1CCC(C)(C2CCCC2)C1. The van der Waals surface area contributed by atoms with E-state index in [2.05, 4.69) is 27.7 Å². The minimum absolute atomic E-state index is 0.538. The summed E-state index contributed by atoms with van der Waals surface area (Å²) in [4.78, 5) is 0. The van der Waals surface area contributed by atoms with E-state index >= 15 is 0 Å². The molecule has 2 rings (SSSR count). The van der Waals surface area contributed by atoms with E-state index in [1.165, 1.54) is 44.9 Å². The number of rotatable bonds is 1. The van der Waals surface area contributed by atoms with Gasteiger partial charge in [0.15, 0.2) is 0 Å². The first-order valence-corrected chi connectivity index (χ1v) is 6.92. The molecule has 0 saturated heterocycles. The van der Waals surface area contributed by atoms with Crippen LogP contribution in [0.15, 0.2) is 0 Å². The molecule has 88 valence electrons. The quantitative estimate of drug-likeness (QED) is 0.567. The highest BCUT2D eigenvalue weighted by Gasteiger charge is 2.44. The zero-order chi connectivity index (χ0) is 11.1. The molecule has 0 aromatic rings. The van der Waals surface area contributed by atoms with E-state index < -0.39 is 0 Å². The van der Waals surface area contributed by atoms with Crippen LogP contribution in [0.25, 0.3) is 0 Å². The minimum Gasteiger partial charge on any atom is -0.0599 e. The number of hydrogen-bond donors (Lipinski definition) is 0. The van der Waals surface area contributed by atoms with Crippen LogP contribution in [-0.4, -0.2) is 0 Å². The van der Waals surface area contributed by atoms with Crippen LogP contribution in [0.1, 0.15) is 72.6 Å². The molecule has 0 heteroatoms. The Hall–Kier alpha value is 0. The van der Waals surface area contributed by atoms with E-state index in [4.69, 9.17) is 0 Å². The summed E-state index contributed by atoms with van der Waals surface area (Å²) in [5.41, 5.74) is 1.24. The van der Waals surface area contributed by atoms with E-state index in [9.17, 15) is 0 Å². The summed E-state index contributed by atoms with van der Waals surface area (Å²) in [6.45, 7) is 9.86. The van der Waals surface area contributed by atoms with Crippen molar-refractivity contribution in [1.29, 1.82) is 0 Å². The maximum absolute atomic E-state index is 2.58. The molecule has 0 aliphatic heterocycles. The van der Waals surface area contributed by atoms with Gasteiger partial charge in [-0.2, -0.15) is 0 Å². The van der Waals surface area contributed by atoms with Gasteiger partial charge in [-0.1, -0.05) is 40.5 Å². The van der Waals surface area contributed by atoms with Crippen molar-refractivity contribution in [2.24, 2.45) is 22.7 Å². The van der Waals surface area contributed by atoms with Gasteiger partial charge in [-0.25, -0.2) is 0 Å². The first kappa shape index (κ1) is 11.5. The zero-order valence-corrected chi connectivity index (χ0v) is 11.1. The lowest BCUT2D eigenvalue weighted by Crippen LogP contribution is -2.25. The summed E-state index contributed by atoms with van der Waals surface area (Å²) in [6.07, 6.45) is 10.5. The number of hydrogen-bond acceptors (Lipinski definition) is 0. The maximum atomic E-state index is 2.58. The van der Waals surface area contributed by atoms with Crippen molar-refractivity contribution >= 4 is 0 Å². The molecule has 0 aromatic heterocycles. The Morgan fingerprint density at radius 2 is 1.60 bits per heavy atom. The van der Waals surface area contributed by atoms with Crippen LogP contribution in [0, 0.1) is 22.7 Å². The third kappa shape index (κ3) is 2.24. The summed E-state index contributed by atoms with van der Waals surface area (Å²) < 4.78 is 0. The first-order chi connectivity index (χ1) is 6.92. The van der Waals surface area contributed by atoms with Gasteiger partial charge in [0.25, 0.3) is 0 Å². The largest absolute Gasteiger partial charge is 0.0599 e. The van der Waals surface area contributed by atoms with Gasteiger partial charge in [0.2, 0.25) is 0 Å². The van der Waals surface area contributed by atoms with E-state index in [0.717, 1.165) is 11.8 Å². The predicted octanol–water partition coefficient (Wildman–Crippen LogP) is 5.03. The molecule has 0 aromatic carbocycles. The summed E-state index contributed by atoms with van der Waals surface area (Å²) in [5.74, 6) is 2.04. The van der Waals surface area contributed by atoms with Crippen LogP contribution < -0.4 is 0 Å². The summed E-state index contributed by atoms with van der Waals surface area (Å²) >= 11 is 0. The molecule has 0 spiro atoms. The monoisotopic (exact) mass is 208 g/mol. The van der Waals surface area contributed by atoms with Gasteiger partial charge < -0.3 is 0 Å². The van der Waals surface area contributed by atoms with Crippen LogP contribution in [0.3, 0.4) is 0 Å². The molecule has 0 amide bonds. The smallest absolute Gasteiger partial charge is 0.0295 e. The Kier molecular flexibility index (Phi) is 2.90. The molecule has 0 radical (unpaired) electrons. The Morgan fingerprint density at radius 3 is 2.07 bits per heavy atom. The molecule has 2 aliphatic carbocycles. The normalized spacial score (nSPS) is 38.8. The fraction of sp³-hybridized carbons (Fsp3) is 1.00. The van der Waals surface area contributed by atoms with Gasteiger partial charge in [-0.15, -0.1) is 0 Å². The van der Waals surface area contributed by atoms with E-state index in [1.807, 2.05) is 0 Å².